The maximum atomic E-state index is 12.4. The molecule has 1 aromatic heterocycles. The molecule has 0 spiro atoms. The number of rotatable bonds is 7. The quantitative estimate of drug-likeness (QED) is 0.775. The monoisotopic (exact) mass is 324 g/mol. The van der Waals surface area contributed by atoms with Crippen LogP contribution in [0.25, 0.3) is 0 Å². The van der Waals surface area contributed by atoms with Crippen LogP contribution in [0.5, 0.6) is 0 Å². The van der Waals surface area contributed by atoms with Crippen molar-refractivity contribution in [2.45, 2.75) is 38.3 Å². The number of benzene rings is 1. The molecule has 2 aromatic rings. The Labute approximate surface area is 143 Å². The second-order valence-corrected chi connectivity index (χ2v) is 6.09. The van der Waals surface area contributed by atoms with E-state index >= 15 is 0 Å². The molecule has 1 saturated heterocycles. The summed E-state index contributed by atoms with van der Waals surface area (Å²) in [4.78, 5) is 18.9. The van der Waals surface area contributed by atoms with Gasteiger partial charge in [0.1, 0.15) is 6.10 Å². The van der Waals surface area contributed by atoms with Gasteiger partial charge in [0.15, 0.2) is 0 Å². The molecule has 1 aliphatic rings. The molecule has 1 aliphatic heterocycles. The lowest BCUT2D eigenvalue weighted by atomic mass is 9.97. The minimum atomic E-state index is -0.254. The second-order valence-electron chi connectivity index (χ2n) is 6.09. The first-order valence-electron chi connectivity index (χ1n) is 8.68. The van der Waals surface area contributed by atoms with Crippen LogP contribution in [0.3, 0.4) is 0 Å². The molecule has 0 unspecified atom stereocenters. The molecular formula is C20H24N2O2. The van der Waals surface area contributed by atoms with Crippen LogP contribution in [-0.4, -0.2) is 28.9 Å². The van der Waals surface area contributed by atoms with Gasteiger partial charge in [-0.25, -0.2) is 0 Å². The highest BCUT2D eigenvalue weighted by molar-refractivity contribution is 5.78. The molecule has 1 amide bonds. The first-order chi connectivity index (χ1) is 11.8. The molecule has 0 aliphatic carbocycles. The highest BCUT2D eigenvalue weighted by Gasteiger charge is 2.36. The summed E-state index contributed by atoms with van der Waals surface area (Å²) in [6, 6.07) is 15.9. The highest BCUT2D eigenvalue weighted by Crippen LogP contribution is 2.38. The average molecular weight is 324 g/mol. The molecule has 2 heterocycles. The summed E-state index contributed by atoms with van der Waals surface area (Å²) < 4.78 is 6.20. The molecule has 2 atom stereocenters. The number of carbonyl (C=O) groups is 1. The topological polar surface area (TPSA) is 42.4 Å². The van der Waals surface area contributed by atoms with Gasteiger partial charge < -0.3 is 9.64 Å². The van der Waals surface area contributed by atoms with Crippen molar-refractivity contribution in [2.75, 3.05) is 13.2 Å². The van der Waals surface area contributed by atoms with Gasteiger partial charge in [0.25, 0.3) is 0 Å². The Morgan fingerprint density at radius 3 is 2.58 bits per heavy atom. The van der Waals surface area contributed by atoms with E-state index in [0.29, 0.717) is 13.0 Å². The Morgan fingerprint density at radius 1 is 1.17 bits per heavy atom. The molecule has 126 valence electrons. The van der Waals surface area contributed by atoms with Crippen molar-refractivity contribution in [2.24, 2.45) is 0 Å². The fourth-order valence-electron chi connectivity index (χ4n) is 3.26. The Bertz CT molecular complexity index is 645. The number of hydrogen-bond donors (Lipinski definition) is 0. The smallest absolute Gasteiger partial charge is 0.223 e. The van der Waals surface area contributed by atoms with Crippen molar-refractivity contribution in [3.63, 3.8) is 0 Å². The minimum Gasteiger partial charge on any atom is -0.369 e. The summed E-state index contributed by atoms with van der Waals surface area (Å²) in [7, 11) is 0. The first-order valence-corrected chi connectivity index (χ1v) is 8.68. The van der Waals surface area contributed by atoms with E-state index < -0.39 is 0 Å². The summed E-state index contributed by atoms with van der Waals surface area (Å²) in [5.41, 5.74) is 1.97. The number of carbonyl (C=O) groups excluding carboxylic acids is 1. The third kappa shape index (κ3) is 3.65. The maximum Gasteiger partial charge on any atom is 0.223 e. The maximum absolute atomic E-state index is 12.4. The van der Waals surface area contributed by atoms with Gasteiger partial charge in [0.05, 0.1) is 11.7 Å². The number of ether oxygens (including phenoxy) is 1. The molecule has 3 rings (SSSR count). The fraction of sp³-hybridized carbons (Fsp3) is 0.400. The zero-order valence-corrected chi connectivity index (χ0v) is 14.1. The van der Waals surface area contributed by atoms with Crippen LogP contribution in [0.15, 0.2) is 54.7 Å². The zero-order valence-electron chi connectivity index (χ0n) is 14.1. The number of amides is 1. The number of hydrogen-bond acceptors (Lipinski definition) is 3. The number of pyridine rings is 1. The Kier molecular flexibility index (Phi) is 5.59. The van der Waals surface area contributed by atoms with Crippen molar-refractivity contribution in [3.8, 4) is 0 Å². The molecule has 24 heavy (non-hydrogen) atoms. The fourth-order valence-corrected chi connectivity index (χ4v) is 3.26. The van der Waals surface area contributed by atoms with E-state index in [0.717, 1.165) is 30.6 Å². The number of nitrogens with zero attached hydrogens (tertiary/aromatic N) is 2. The zero-order chi connectivity index (χ0) is 16.8. The lowest BCUT2D eigenvalue weighted by Gasteiger charge is -2.34. The van der Waals surface area contributed by atoms with Crippen molar-refractivity contribution < 1.29 is 9.53 Å². The lowest BCUT2D eigenvalue weighted by Crippen LogP contribution is -2.35. The van der Waals surface area contributed by atoms with Gasteiger partial charge >= 0.3 is 0 Å². The molecule has 0 radical (unpaired) electrons. The molecule has 4 nitrogen and oxygen atoms in total. The molecular weight excluding hydrogens is 300 g/mol. The largest absolute Gasteiger partial charge is 0.369 e. The molecule has 1 fully saturated rings. The molecule has 0 bridgehead atoms. The predicted octanol–water partition coefficient (Wildman–Crippen LogP) is 3.91. The summed E-state index contributed by atoms with van der Waals surface area (Å²) in [6.45, 7) is 3.51. The van der Waals surface area contributed by atoms with Crippen LogP contribution < -0.4 is 0 Å². The third-order valence-corrected chi connectivity index (χ3v) is 4.35. The van der Waals surface area contributed by atoms with Crippen LogP contribution in [0, 0.1) is 0 Å². The van der Waals surface area contributed by atoms with Gasteiger partial charge in [-0.15, -0.1) is 0 Å². The molecule has 0 saturated carbocycles. The Morgan fingerprint density at radius 2 is 1.96 bits per heavy atom. The number of aromatic nitrogens is 1. The second kappa shape index (κ2) is 8.06. The Balaban J connectivity index is 2.01. The van der Waals surface area contributed by atoms with Crippen LogP contribution in [-0.2, 0) is 9.53 Å². The highest BCUT2D eigenvalue weighted by atomic mass is 16.5. The normalized spacial score (nSPS) is 17.0. The van der Waals surface area contributed by atoms with Gasteiger partial charge in [0, 0.05) is 25.8 Å². The van der Waals surface area contributed by atoms with Crippen molar-refractivity contribution in [1.29, 1.82) is 0 Å². The van der Waals surface area contributed by atoms with E-state index in [2.05, 4.69) is 24.0 Å². The van der Waals surface area contributed by atoms with Crippen LogP contribution in [0.4, 0.5) is 0 Å². The Hall–Kier alpha value is -2.20. The standard InChI is InChI=1S/C20H24N2O2/c1-2-15-24-20(17-11-6-7-13-21-17)19(16-9-4-3-5-10-16)22-14-8-12-18(22)23/h3-7,9-11,13,19-20H,2,8,12,14-15H2,1H3/t19-,20+/m1/s1. The van der Waals surface area contributed by atoms with E-state index in [-0.39, 0.29) is 18.1 Å². The SMILES string of the molecule is CCCO[C@@H](c1ccccn1)[C@@H](c1ccccc1)N1CCCC1=O. The summed E-state index contributed by atoms with van der Waals surface area (Å²) >= 11 is 0. The van der Waals surface area contributed by atoms with Crippen LogP contribution in [0.1, 0.15) is 49.6 Å². The van der Waals surface area contributed by atoms with E-state index in [4.69, 9.17) is 4.74 Å². The van der Waals surface area contributed by atoms with Gasteiger partial charge in [0.2, 0.25) is 5.91 Å². The van der Waals surface area contributed by atoms with E-state index in [1.54, 1.807) is 6.20 Å². The summed E-state index contributed by atoms with van der Waals surface area (Å²) in [5, 5.41) is 0. The minimum absolute atomic E-state index is 0.136. The van der Waals surface area contributed by atoms with Gasteiger partial charge in [-0.2, -0.15) is 0 Å². The van der Waals surface area contributed by atoms with Crippen molar-refractivity contribution >= 4 is 5.91 Å². The van der Waals surface area contributed by atoms with Gasteiger partial charge in [-0.05, 0) is 30.5 Å². The van der Waals surface area contributed by atoms with Crippen LogP contribution in [0.2, 0.25) is 0 Å². The van der Waals surface area contributed by atoms with E-state index in [1.165, 1.54) is 0 Å². The molecule has 0 N–H and O–H groups in total. The molecule has 4 heteroatoms. The van der Waals surface area contributed by atoms with Crippen molar-refractivity contribution in [3.05, 3.63) is 66.0 Å². The summed E-state index contributed by atoms with van der Waals surface area (Å²) in [6.07, 6.45) is 3.98. The molecule has 1 aromatic carbocycles. The predicted molar refractivity (Wildman–Crippen MR) is 93.4 cm³/mol. The van der Waals surface area contributed by atoms with E-state index in [1.807, 2.05) is 41.3 Å². The summed E-state index contributed by atoms with van der Waals surface area (Å²) in [5.74, 6) is 0.199. The van der Waals surface area contributed by atoms with E-state index in [9.17, 15) is 4.79 Å². The van der Waals surface area contributed by atoms with Gasteiger partial charge in [-0.1, -0.05) is 43.3 Å². The first kappa shape index (κ1) is 16.7. The van der Waals surface area contributed by atoms with Crippen molar-refractivity contribution in [1.82, 2.24) is 9.88 Å². The number of likely N-dealkylation sites (tertiary alicyclic amines) is 1. The lowest BCUT2D eigenvalue weighted by molar-refractivity contribution is -0.133. The van der Waals surface area contributed by atoms with Gasteiger partial charge in [-0.3, -0.25) is 9.78 Å². The third-order valence-electron chi connectivity index (χ3n) is 4.35. The average Bonchev–Trinajstić information content (AvgIpc) is 3.05. The van der Waals surface area contributed by atoms with Crippen LogP contribution >= 0.6 is 0 Å².